The smallest absolute Gasteiger partial charge is 0.0249 e. The van der Waals surface area contributed by atoms with Crippen LogP contribution in [0.3, 0.4) is 0 Å². The van der Waals surface area contributed by atoms with Crippen molar-refractivity contribution in [2.75, 3.05) is 0 Å². The van der Waals surface area contributed by atoms with Gasteiger partial charge in [0, 0.05) is 33.4 Å². The molecule has 6 aromatic rings. The molecular formula is C72H68. The van der Waals surface area contributed by atoms with Crippen molar-refractivity contribution in [1.29, 1.82) is 0 Å². The molecule has 0 radical (unpaired) electrons. The Morgan fingerprint density at radius 2 is 0.514 bits per heavy atom. The van der Waals surface area contributed by atoms with E-state index in [1.807, 2.05) is 0 Å². The van der Waals surface area contributed by atoms with Crippen molar-refractivity contribution in [2.24, 2.45) is 51.2 Å². The molecule has 0 N–H and O–H groups in total. The van der Waals surface area contributed by atoms with Crippen LogP contribution in [0.2, 0.25) is 0 Å². The Balaban J connectivity index is 0.798. The molecule has 0 aromatic heterocycles. The van der Waals surface area contributed by atoms with Crippen molar-refractivity contribution >= 4 is 0 Å². The van der Waals surface area contributed by atoms with Gasteiger partial charge in [0.2, 0.25) is 0 Å². The lowest BCUT2D eigenvalue weighted by Gasteiger charge is -2.79. The Kier molecular flexibility index (Phi) is 9.68. The molecular weight excluding hydrogens is 865 g/mol. The van der Waals surface area contributed by atoms with Crippen LogP contribution < -0.4 is 0 Å². The molecule has 0 amide bonds. The van der Waals surface area contributed by atoms with Crippen molar-refractivity contribution < 1.29 is 0 Å². The number of hydrogen-bond donors (Lipinski definition) is 0. The van der Waals surface area contributed by atoms with Crippen molar-refractivity contribution in [3.63, 3.8) is 0 Å². The van der Waals surface area contributed by atoms with Gasteiger partial charge in [-0.1, -0.05) is 127 Å². The molecule has 18 rings (SSSR count). The Labute approximate surface area is 430 Å². The highest BCUT2D eigenvalue weighted by molar-refractivity contribution is 5.50. The van der Waals surface area contributed by atoms with Gasteiger partial charge in [0.15, 0.2) is 0 Å². The van der Waals surface area contributed by atoms with Crippen molar-refractivity contribution in [1.82, 2.24) is 0 Å². The molecule has 0 heteroatoms. The van der Waals surface area contributed by atoms with Crippen LogP contribution >= 0.6 is 0 Å². The van der Waals surface area contributed by atoms with Gasteiger partial charge < -0.3 is 0 Å². The average Bonchev–Trinajstić information content (AvgIpc) is 3.40. The molecule has 356 valence electrons. The van der Waals surface area contributed by atoms with Crippen LogP contribution in [0.15, 0.2) is 164 Å². The van der Waals surface area contributed by atoms with E-state index < -0.39 is 0 Å². The van der Waals surface area contributed by atoms with Gasteiger partial charge in [0.25, 0.3) is 0 Å². The quantitative estimate of drug-likeness (QED) is 0.151. The summed E-state index contributed by atoms with van der Waals surface area (Å²) in [5, 5.41) is 0. The van der Waals surface area contributed by atoms with Crippen molar-refractivity contribution in [3.05, 3.63) is 214 Å². The Bertz CT molecular complexity index is 3100. The first kappa shape index (κ1) is 43.6. The van der Waals surface area contributed by atoms with Crippen molar-refractivity contribution in [3.8, 4) is 35.5 Å². The highest BCUT2D eigenvalue weighted by Crippen LogP contribution is 2.85. The minimum atomic E-state index is 0.190. The molecule has 12 aliphatic carbocycles. The van der Waals surface area contributed by atoms with E-state index in [9.17, 15) is 0 Å². The fraction of sp³-hybridized carbons (Fsp3) is 0.417. The van der Waals surface area contributed by atoms with E-state index in [-0.39, 0.29) is 10.8 Å². The Hall–Kier alpha value is -6.00. The maximum atomic E-state index is 3.54. The highest BCUT2D eigenvalue weighted by atomic mass is 14.8. The van der Waals surface area contributed by atoms with Crippen LogP contribution in [0, 0.1) is 86.8 Å². The summed E-state index contributed by atoms with van der Waals surface area (Å²) in [6.07, 6.45) is 26.1. The standard InChI is InChI=1S/C72H68/c1-4-10-52(11-5-1)16-19-55-22-28-63(29-23-55)66-36-58-34-59(37-66)41-69(40-58,48-66)70-42-60-35-61(43-70)45-71(44-60,51-70)72-46-62-38-67(49-72,64-30-24-56(25-31-64)20-17-53-12-6-2-7-13-53)47-68(39-62,50-72)65-32-26-57(27-33-65)21-18-54-14-8-3-9-15-54/h1-15,22-33,58-62H,34-51H2. The summed E-state index contributed by atoms with van der Waals surface area (Å²) < 4.78 is 0. The van der Waals surface area contributed by atoms with E-state index in [0.717, 1.165) is 63.0 Å². The lowest BCUT2D eigenvalue weighted by Crippen LogP contribution is -2.71. The van der Waals surface area contributed by atoms with Crippen LogP contribution in [-0.4, -0.2) is 0 Å². The lowest BCUT2D eigenvalue weighted by atomic mass is 9.25. The first-order chi connectivity index (χ1) is 35.2. The zero-order chi connectivity index (χ0) is 47.6. The molecule has 0 nitrogen and oxygen atoms in total. The van der Waals surface area contributed by atoms with Crippen LogP contribution in [0.25, 0.3) is 0 Å². The van der Waals surface area contributed by atoms with Gasteiger partial charge >= 0.3 is 0 Å². The van der Waals surface area contributed by atoms with Gasteiger partial charge in [-0.05, 0) is 273 Å². The van der Waals surface area contributed by atoms with Crippen LogP contribution in [0.4, 0.5) is 0 Å². The number of benzene rings is 6. The summed E-state index contributed by atoms with van der Waals surface area (Å²) >= 11 is 0. The first-order valence-electron chi connectivity index (χ1n) is 28.2. The van der Waals surface area contributed by atoms with E-state index in [1.54, 1.807) is 16.7 Å². The van der Waals surface area contributed by atoms with E-state index >= 15 is 0 Å². The molecule has 12 saturated carbocycles. The molecule has 72 heavy (non-hydrogen) atoms. The van der Waals surface area contributed by atoms with Gasteiger partial charge in [0.1, 0.15) is 0 Å². The van der Waals surface area contributed by atoms with E-state index in [0.29, 0.717) is 27.1 Å². The molecule has 0 aliphatic heterocycles. The molecule has 0 spiro atoms. The number of rotatable bonds is 5. The van der Waals surface area contributed by atoms with Gasteiger partial charge in [0.05, 0.1) is 0 Å². The van der Waals surface area contributed by atoms with E-state index in [4.69, 9.17) is 0 Å². The highest BCUT2D eigenvalue weighted by Gasteiger charge is 2.76. The molecule has 0 heterocycles. The second kappa shape index (κ2) is 16.0. The monoisotopic (exact) mass is 933 g/mol. The van der Waals surface area contributed by atoms with Crippen molar-refractivity contribution in [2.45, 2.75) is 132 Å². The summed E-state index contributed by atoms with van der Waals surface area (Å²) in [4.78, 5) is 0. The summed E-state index contributed by atoms with van der Waals surface area (Å²) in [5.41, 5.74) is 14.0. The topological polar surface area (TPSA) is 0 Å². The average molecular weight is 933 g/mol. The minimum absolute atomic E-state index is 0.190. The first-order valence-corrected chi connectivity index (χ1v) is 28.2. The van der Waals surface area contributed by atoms with E-state index in [2.05, 4.69) is 199 Å². The molecule has 12 bridgehead atoms. The van der Waals surface area contributed by atoms with Crippen LogP contribution in [-0.2, 0) is 16.2 Å². The zero-order valence-corrected chi connectivity index (χ0v) is 42.2. The summed E-state index contributed by atoms with van der Waals surface area (Å²) in [5.74, 6) is 25.3. The summed E-state index contributed by atoms with van der Waals surface area (Å²) in [6, 6.07) is 61.0. The summed E-state index contributed by atoms with van der Waals surface area (Å²) in [7, 11) is 0. The third kappa shape index (κ3) is 6.89. The molecule has 6 unspecified atom stereocenters. The lowest BCUT2D eigenvalue weighted by molar-refractivity contribution is -0.274. The normalized spacial score (nSPS) is 37.8. The minimum Gasteiger partial charge on any atom is -0.0622 e. The second-order valence-electron chi connectivity index (χ2n) is 26.5. The van der Waals surface area contributed by atoms with Gasteiger partial charge in [-0.3, -0.25) is 0 Å². The molecule has 6 aromatic carbocycles. The van der Waals surface area contributed by atoms with Crippen LogP contribution in [0.1, 0.15) is 166 Å². The maximum absolute atomic E-state index is 3.54. The predicted molar refractivity (Wildman–Crippen MR) is 292 cm³/mol. The maximum Gasteiger partial charge on any atom is 0.0249 e. The third-order valence-corrected chi connectivity index (χ3v) is 22.3. The fourth-order valence-corrected chi connectivity index (χ4v) is 21.1. The zero-order valence-electron chi connectivity index (χ0n) is 42.2. The second-order valence-corrected chi connectivity index (χ2v) is 26.5. The summed E-state index contributed by atoms with van der Waals surface area (Å²) in [6.45, 7) is 0. The molecule has 12 aliphatic rings. The molecule has 0 saturated heterocycles. The third-order valence-electron chi connectivity index (χ3n) is 22.3. The predicted octanol–water partition coefficient (Wildman–Crippen LogP) is 16.2. The SMILES string of the molecule is C(#Cc1ccc(C23CC4CC(C2)CC(C25CC6CC(C2)CC(C27CC8CC(c9ccc(C#Cc%10ccccc%10)cc9)(CC(c9ccc(C#Cc%10ccccc%10)cc9)(C8)C2)C7)(C6)C5)(C4)C3)cc1)c1ccccc1. The van der Waals surface area contributed by atoms with Crippen LogP contribution in [0.5, 0.6) is 0 Å². The van der Waals surface area contributed by atoms with Gasteiger partial charge in [-0.25, -0.2) is 0 Å². The molecule has 12 fully saturated rings. The fourth-order valence-electron chi connectivity index (χ4n) is 21.1. The van der Waals surface area contributed by atoms with Gasteiger partial charge in [-0.15, -0.1) is 0 Å². The molecule has 6 atom stereocenters. The number of hydrogen-bond acceptors (Lipinski definition) is 0. The largest absolute Gasteiger partial charge is 0.0622 e. The van der Waals surface area contributed by atoms with E-state index in [1.165, 1.54) is 116 Å². The van der Waals surface area contributed by atoms with Gasteiger partial charge in [-0.2, -0.15) is 0 Å². The Morgan fingerprint density at radius 3 is 0.903 bits per heavy atom. The Morgan fingerprint density at radius 1 is 0.236 bits per heavy atom.